The molecule has 5 nitrogen and oxygen atoms in total. The number of thiophene rings is 1. The van der Waals surface area contributed by atoms with E-state index in [4.69, 9.17) is 0 Å². The summed E-state index contributed by atoms with van der Waals surface area (Å²) in [4.78, 5) is 32.8. The van der Waals surface area contributed by atoms with E-state index in [1.165, 1.54) is 16.2 Å². The van der Waals surface area contributed by atoms with E-state index in [9.17, 15) is 9.59 Å². The van der Waals surface area contributed by atoms with E-state index in [1.54, 1.807) is 18.4 Å². The van der Waals surface area contributed by atoms with Gasteiger partial charge in [0.25, 0.3) is 5.91 Å². The molecule has 0 atom stereocenters. The lowest BCUT2D eigenvalue weighted by molar-refractivity contribution is -0.116. The van der Waals surface area contributed by atoms with E-state index >= 15 is 0 Å². The molecule has 0 fully saturated rings. The van der Waals surface area contributed by atoms with Crippen LogP contribution in [0.4, 0.5) is 5.69 Å². The molecule has 27 heavy (non-hydrogen) atoms. The molecule has 3 rings (SSSR count). The molecule has 0 aliphatic carbocycles. The molecule has 2 amide bonds. The molecule has 2 aromatic heterocycles. The number of aryl methyl sites for hydroxylation is 3. The Kier molecular flexibility index (Phi) is 5.72. The molecule has 0 saturated carbocycles. The minimum atomic E-state index is -0.219. The molecule has 0 aliphatic heterocycles. The van der Waals surface area contributed by atoms with Gasteiger partial charge in [-0.15, -0.1) is 22.7 Å². The molecular weight excluding hydrogens is 378 g/mol. The lowest BCUT2D eigenvalue weighted by Gasteiger charge is -2.17. The van der Waals surface area contributed by atoms with Crippen molar-refractivity contribution in [1.82, 2.24) is 9.88 Å². The SMILES string of the molecule is Cc1cccc(C)c1NC(=O)CN(C)C(=O)c1sc(-c2cccs2)nc1C. The predicted molar refractivity (Wildman–Crippen MR) is 112 cm³/mol. The third kappa shape index (κ3) is 4.26. The van der Waals surface area contributed by atoms with Crippen molar-refractivity contribution >= 4 is 40.2 Å². The summed E-state index contributed by atoms with van der Waals surface area (Å²) >= 11 is 2.96. The molecular formula is C20H21N3O2S2. The second-order valence-corrected chi connectivity index (χ2v) is 8.33. The van der Waals surface area contributed by atoms with Gasteiger partial charge in [-0.1, -0.05) is 24.3 Å². The molecule has 0 unspecified atom stereocenters. The number of carbonyl (C=O) groups excluding carboxylic acids is 2. The quantitative estimate of drug-likeness (QED) is 0.687. The maximum atomic E-state index is 12.8. The maximum absolute atomic E-state index is 12.8. The Bertz CT molecular complexity index is 957. The van der Waals surface area contributed by atoms with Crippen molar-refractivity contribution in [2.45, 2.75) is 20.8 Å². The number of carbonyl (C=O) groups is 2. The van der Waals surface area contributed by atoms with E-state index in [-0.39, 0.29) is 18.4 Å². The van der Waals surface area contributed by atoms with Crippen LogP contribution >= 0.6 is 22.7 Å². The standard InChI is InChI=1S/C20H21N3O2S2/c1-12-7-5-8-13(2)17(12)22-16(24)11-23(4)20(25)18-14(3)21-19(27-18)15-9-6-10-26-15/h5-10H,11H2,1-4H3,(H,22,24). The van der Waals surface area contributed by atoms with Crippen LogP contribution < -0.4 is 5.32 Å². The highest BCUT2D eigenvalue weighted by atomic mass is 32.1. The Labute approximate surface area is 166 Å². The number of hydrogen-bond donors (Lipinski definition) is 1. The van der Waals surface area contributed by atoms with E-state index < -0.39 is 0 Å². The van der Waals surface area contributed by atoms with Gasteiger partial charge in [0.15, 0.2) is 0 Å². The van der Waals surface area contributed by atoms with Crippen molar-refractivity contribution in [2.75, 3.05) is 18.9 Å². The van der Waals surface area contributed by atoms with Gasteiger partial charge in [-0.2, -0.15) is 0 Å². The van der Waals surface area contributed by atoms with Gasteiger partial charge < -0.3 is 10.2 Å². The molecule has 0 aliphatic rings. The van der Waals surface area contributed by atoms with Gasteiger partial charge in [0.2, 0.25) is 5.91 Å². The molecule has 1 N–H and O–H groups in total. The van der Waals surface area contributed by atoms with Crippen LogP contribution in [0.1, 0.15) is 26.5 Å². The molecule has 0 spiro atoms. The highest BCUT2D eigenvalue weighted by molar-refractivity contribution is 7.22. The number of hydrogen-bond acceptors (Lipinski definition) is 5. The minimum Gasteiger partial charge on any atom is -0.332 e. The van der Waals surface area contributed by atoms with Crippen LogP contribution in [0.2, 0.25) is 0 Å². The van der Waals surface area contributed by atoms with Crippen molar-refractivity contribution in [3.05, 3.63) is 57.4 Å². The van der Waals surface area contributed by atoms with Crippen LogP contribution in [0, 0.1) is 20.8 Å². The summed E-state index contributed by atoms with van der Waals surface area (Å²) in [5.74, 6) is -0.409. The number of nitrogens with one attached hydrogen (secondary N) is 1. The van der Waals surface area contributed by atoms with E-state index in [0.717, 1.165) is 26.7 Å². The number of anilines is 1. The number of thiazole rings is 1. The van der Waals surface area contributed by atoms with Crippen molar-refractivity contribution in [3.63, 3.8) is 0 Å². The zero-order chi connectivity index (χ0) is 19.6. The summed E-state index contributed by atoms with van der Waals surface area (Å²) in [6.45, 7) is 5.71. The third-order valence-corrected chi connectivity index (χ3v) is 6.38. The maximum Gasteiger partial charge on any atom is 0.266 e. The molecule has 3 aromatic rings. The average molecular weight is 400 g/mol. The molecule has 2 heterocycles. The molecule has 140 valence electrons. The lowest BCUT2D eigenvalue weighted by Crippen LogP contribution is -2.35. The Morgan fingerprint density at radius 1 is 1.11 bits per heavy atom. The van der Waals surface area contributed by atoms with Crippen LogP contribution in [0.3, 0.4) is 0 Å². The molecule has 7 heteroatoms. The topological polar surface area (TPSA) is 62.3 Å². The normalized spacial score (nSPS) is 10.7. The number of amides is 2. The largest absolute Gasteiger partial charge is 0.332 e. The Morgan fingerprint density at radius 3 is 2.44 bits per heavy atom. The number of nitrogens with zero attached hydrogens (tertiary/aromatic N) is 2. The second kappa shape index (κ2) is 8.02. The Balaban J connectivity index is 1.70. The van der Waals surface area contributed by atoms with Gasteiger partial charge in [0.1, 0.15) is 9.88 Å². The monoisotopic (exact) mass is 399 g/mol. The number of benzene rings is 1. The summed E-state index contributed by atoms with van der Waals surface area (Å²) in [7, 11) is 1.64. The number of likely N-dealkylation sites (N-methyl/N-ethyl adjacent to an activating group) is 1. The second-order valence-electron chi connectivity index (χ2n) is 6.39. The van der Waals surface area contributed by atoms with Gasteiger partial charge in [-0.3, -0.25) is 9.59 Å². The predicted octanol–water partition coefficient (Wildman–Crippen LogP) is 4.51. The third-order valence-electron chi connectivity index (χ3n) is 4.20. The number of aromatic nitrogens is 1. The van der Waals surface area contributed by atoms with Gasteiger partial charge in [0.05, 0.1) is 17.1 Å². The van der Waals surface area contributed by atoms with E-state index in [1.807, 2.05) is 56.5 Å². The van der Waals surface area contributed by atoms with Gasteiger partial charge in [-0.05, 0) is 43.3 Å². The summed E-state index contributed by atoms with van der Waals surface area (Å²) in [6, 6.07) is 9.80. The molecule has 0 radical (unpaired) electrons. The Morgan fingerprint density at radius 2 is 1.81 bits per heavy atom. The smallest absolute Gasteiger partial charge is 0.266 e. The average Bonchev–Trinajstić information content (AvgIpc) is 3.27. The van der Waals surface area contributed by atoms with Gasteiger partial charge in [-0.25, -0.2) is 4.98 Å². The van der Waals surface area contributed by atoms with Gasteiger partial charge >= 0.3 is 0 Å². The first-order valence-electron chi connectivity index (χ1n) is 8.49. The fraction of sp³-hybridized carbons (Fsp3) is 0.250. The van der Waals surface area contributed by atoms with Gasteiger partial charge in [0, 0.05) is 12.7 Å². The molecule has 0 saturated heterocycles. The lowest BCUT2D eigenvalue weighted by atomic mass is 10.1. The highest BCUT2D eigenvalue weighted by Crippen LogP contribution is 2.31. The van der Waals surface area contributed by atoms with E-state index in [0.29, 0.717) is 10.6 Å². The first kappa shape index (κ1) is 19.3. The van der Waals surface area contributed by atoms with Crippen LogP contribution in [0.15, 0.2) is 35.7 Å². The Hall–Kier alpha value is -2.51. The van der Waals surface area contributed by atoms with Crippen molar-refractivity contribution < 1.29 is 9.59 Å². The van der Waals surface area contributed by atoms with Crippen molar-refractivity contribution in [1.29, 1.82) is 0 Å². The number of rotatable bonds is 5. The first-order valence-corrected chi connectivity index (χ1v) is 10.2. The van der Waals surface area contributed by atoms with Crippen LogP contribution in [0.25, 0.3) is 9.88 Å². The minimum absolute atomic E-state index is 0.0156. The first-order chi connectivity index (χ1) is 12.9. The number of para-hydroxylation sites is 1. The summed E-state index contributed by atoms with van der Waals surface area (Å²) in [5, 5.41) is 5.73. The molecule has 1 aromatic carbocycles. The fourth-order valence-corrected chi connectivity index (χ4v) is 4.61. The van der Waals surface area contributed by atoms with Crippen LogP contribution in [0.5, 0.6) is 0 Å². The van der Waals surface area contributed by atoms with Crippen molar-refractivity contribution in [3.8, 4) is 9.88 Å². The summed E-state index contributed by atoms with van der Waals surface area (Å²) in [6.07, 6.45) is 0. The van der Waals surface area contributed by atoms with Crippen LogP contribution in [-0.4, -0.2) is 35.3 Å². The highest BCUT2D eigenvalue weighted by Gasteiger charge is 2.22. The van der Waals surface area contributed by atoms with Crippen molar-refractivity contribution in [2.24, 2.45) is 0 Å². The zero-order valence-electron chi connectivity index (χ0n) is 15.7. The zero-order valence-corrected chi connectivity index (χ0v) is 17.3. The van der Waals surface area contributed by atoms with Crippen LogP contribution in [-0.2, 0) is 4.79 Å². The summed E-state index contributed by atoms with van der Waals surface area (Å²) in [5.41, 5.74) is 3.49. The van der Waals surface area contributed by atoms with E-state index in [2.05, 4.69) is 10.3 Å². The molecule has 0 bridgehead atoms. The fourth-order valence-electron chi connectivity index (χ4n) is 2.75. The summed E-state index contributed by atoms with van der Waals surface area (Å²) < 4.78 is 0.